The summed E-state index contributed by atoms with van der Waals surface area (Å²) in [7, 11) is 0. The topological polar surface area (TPSA) is 78.7 Å². The summed E-state index contributed by atoms with van der Waals surface area (Å²) in [6.45, 7) is 0. The summed E-state index contributed by atoms with van der Waals surface area (Å²) < 4.78 is 0. The van der Waals surface area contributed by atoms with Crippen molar-refractivity contribution >= 4 is 12.2 Å². The molecule has 0 N–H and O–H groups in total. The first-order valence-corrected chi connectivity index (χ1v) is 0.855. The summed E-state index contributed by atoms with van der Waals surface area (Å²) in [5.41, 5.74) is 0. The monoisotopic (exact) mass is 143 g/mol. The second-order valence-electron chi connectivity index (χ2n) is 0.183. The molecular formula is C2CoN2O2. The third-order valence-electron chi connectivity index (χ3n) is 0. The van der Waals surface area contributed by atoms with Gasteiger partial charge in [0, 0.05) is 0 Å². The fraction of sp³-hybridized carbons (Fsp3) is 0. The van der Waals surface area contributed by atoms with E-state index in [1.54, 1.807) is 0 Å². The smallest absolute Gasteiger partial charge is 0.724 e. The van der Waals surface area contributed by atoms with Gasteiger partial charge in [-0.3, -0.25) is 9.59 Å². The van der Waals surface area contributed by atoms with E-state index in [0.717, 1.165) is 0 Å². The summed E-state index contributed by atoms with van der Waals surface area (Å²) >= 11 is 0. The molecule has 0 aliphatic carbocycles. The Bertz CT molecular complexity index is 67.7. The van der Waals surface area contributed by atoms with Crippen LogP contribution in [-0.2, 0) is 26.4 Å². The Balaban J connectivity index is -0.0000000400. The largest absolute Gasteiger partial charge is 2.00 e. The Morgan fingerprint density at radius 1 is 1.00 bits per heavy atom. The molecule has 0 saturated carbocycles. The van der Waals surface area contributed by atoms with E-state index in [9.17, 15) is 0 Å². The molecule has 0 aliphatic rings. The van der Waals surface area contributed by atoms with Crippen LogP contribution in [0.4, 0.5) is 0 Å². The third kappa shape index (κ3) is 104. The van der Waals surface area contributed by atoms with Gasteiger partial charge < -0.3 is 10.8 Å². The van der Waals surface area contributed by atoms with E-state index >= 15 is 0 Å². The maximum Gasteiger partial charge on any atom is 2.00 e. The van der Waals surface area contributed by atoms with Crippen molar-refractivity contribution < 1.29 is 26.4 Å². The standard InChI is InChI=1S/2CNO.Co/c2*2-1-3;/q2*-1;+2. The first-order chi connectivity index (χ1) is 2.83. The number of isocyanates is 2. The summed E-state index contributed by atoms with van der Waals surface area (Å²) in [6.07, 6.45) is 1.00. The van der Waals surface area contributed by atoms with Crippen LogP contribution >= 0.6 is 0 Å². The van der Waals surface area contributed by atoms with E-state index in [0.29, 0.717) is 12.2 Å². The Hall–Kier alpha value is -0.734. The number of nitrogens with zero attached hydrogens (tertiary/aromatic N) is 2. The van der Waals surface area contributed by atoms with Crippen molar-refractivity contribution in [1.82, 2.24) is 0 Å². The van der Waals surface area contributed by atoms with Gasteiger partial charge in [0.2, 0.25) is 0 Å². The summed E-state index contributed by atoms with van der Waals surface area (Å²) in [5, 5.41) is 13.5. The van der Waals surface area contributed by atoms with Gasteiger partial charge in [-0.2, -0.15) is 0 Å². The van der Waals surface area contributed by atoms with Gasteiger partial charge in [-0.25, -0.2) is 0 Å². The van der Waals surface area contributed by atoms with Crippen LogP contribution in [0.1, 0.15) is 0 Å². The zero-order valence-electron chi connectivity index (χ0n) is 3.04. The molecule has 0 fully saturated rings. The summed E-state index contributed by atoms with van der Waals surface area (Å²) in [5.74, 6) is 0. The van der Waals surface area contributed by atoms with Crippen LogP contribution in [0.2, 0.25) is 0 Å². The second kappa shape index (κ2) is 59.8. The van der Waals surface area contributed by atoms with Crippen LogP contribution < -0.4 is 0 Å². The van der Waals surface area contributed by atoms with Gasteiger partial charge in [-0.1, -0.05) is 0 Å². The van der Waals surface area contributed by atoms with Crippen LogP contribution in [0.3, 0.4) is 0 Å². The molecule has 0 rings (SSSR count). The van der Waals surface area contributed by atoms with Crippen LogP contribution in [0.15, 0.2) is 0 Å². The Labute approximate surface area is 50.1 Å². The van der Waals surface area contributed by atoms with Crippen molar-refractivity contribution in [2.24, 2.45) is 0 Å². The molecule has 0 aromatic rings. The van der Waals surface area contributed by atoms with Crippen molar-refractivity contribution in [3.8, 4) is 0 Å². The first-order valence-electron chi connectivity index (χ1n) is 0.855. The Morgan fingerprint density at radius 3 is 1.00 bits per heavy atom. The minimum absolute atomic E-state index is 0. The maximum atomic E-state index is 8.24. The molecule has 0 amide bonds. The number of hydrogen-bond acceptors (Lipinski definition) is 2. The van der Waals surface area contributed by atoms with Crippen LogP contribution in [-0.4, -0.2) is 12.2 Å². The van der Waals surface area contributed by atoms with E-state index in [4.69, 9.17) is 20.4 Å². The quantitative estimate of drug-likeness (QED) is 0.347. The zero-order chi connectivity index (χ0) is 5.41. The van der Waals surface area contributed by atoms with Crippen molar-refractivity contribution in [2.45, 2.75) is 0 Å². The van der Waals surface area contributed by atoms with Crippen molar-refractivity contribution in [1.29, 1.82) is 0 Å². The van der Waals surface area contributed by atoms with Crippen molar-refractivity contribution in [3.63, 3.8) is 0 Å². The first kappa shape index (κ1) is 16.3. The molecule has 0 bridgehead atoms. The third-order valence-corrected chi connectivity index (χ3v) is 0. The number of rotatable bonds is 0. The van der Waals surface area contributed by atoms with Gasteiger partial charge in [0.05, 0.1) is 0 Å². The molecular weight excluding hydrogens is 143 g/mol. The molecule has 0 aromatic heterocycles. The molecule has 0 aliphatic heterocycles. The predicted octanol–water partition coefficient (Wildman–Crippen LogP) is -0.219. The minimum Gasteiger partial charge on any atom is -0.724 e. The molecule has 0 unspecified atom stereocenters. The van der Waals surface area contributed by atoms with E-state index < -0.39 is 0 Å². The molecule has 1 radical (unpaired) electrons. The van der Waals surface area contributed by atoms with Crippen LogP contribution in [0, 0.1) is 0 Å². The molecule has 39 valence electrons. The predicted molar refractivity (Wildman–Crippen MR) is 18.1 cm³/mol. The molecule has 0 aromatic carbocycles. The summed E-state index contributed by atoms with van der Waals surface area (Å²) in [4.78, 5) is 16.5. The summed E-state index contributed by atoms with van der Waals surface area (Å²) in [6, 6.07) is 0. The molecule has 0 heterocycles. The molecule has 5 heteroatoms. The van der Waals surface area contributed by atoms with Gasteiger partial charge in [-0.15, -0.1) is 0 Å². The number of hydrogen-bond donors (Lipinski definition) is 0. The molecule has 0 atom stereocenters. The fourth-order valence-electron chi connectivity index (χ4n) is 0. The SMILES string of the molecule is [Co+2].[N-]=C=O.[N-]=C=O. The van der Waals surface area contributed by atoms with E-state index in [1.807, 2.05) is 0 Å². The maximum absolute atomic E-state index is 8.24. The van der Waals surface area contributed by atoms with Gasteiger partial charge in [0.15, 0.2) is 0 Å². The number of carbonyl (C=O) groups excluding carboxylic acids is 2. The van der Waals surface area contributed by atoms with E-state index in [2.05, 4.69) is 0 Å². The second-order valence-corrected chi connectivity index (χ2v) is 0.183. The van der Waals surface area contributed by atoms with Crippen LogP contribution in [0.25, 0.3) is 10.8 Å². The Morgan fingerprint density at radius 2 is 1.00 bits per heavy atom. The normalized spacial score (nSPS) is 2.29. The van der Waals surface area contributed by atoms with E-state index in [1.165, 1.54) is 0 Å². The fourth-order valence-corrected chi connectivity index (χ4v) is 0. The Kier molecular flexibility index (Phi) is 139. The average Bonchev–Trinajstić information content (AvgIpc) is 1.39. The molecule has 4 nitrogen and oxygen atoms in total. The van der Waals surface area contributed by atoms with Crippen LogP contribution in [0.5, 0.6) is 0 Å². The zero-order valence-corrected chi connectivity index (χ0v) is 4.09. The van der Waals surface area contributed by atoms with Crippen molar-refractivity contribution in [3.05, 3.63) is 10.8 Å². The average molecular weight is 143 g/mol. The van der Waals surface area contributed by atoms with Gasteiger partial charge in [0.1, 0.15) is 0 Å². The van der Waals surface area contributed by atoms with Crippen molar-refractivity contribution in [2.75, 3.05) is 0 Å². The molecule has 0 saturated heterocycles. The van der Waals surface area contributed by atoms with Gasteiger partial charge in [-0.05, 0) is 12.2 Å². The van der Waals surface area contributed by atoms with Gasteiger partial charge >= 0.3 is 16.8 Å². The van der Waals surface area contributed by atoms with E-state index in [-0.39, 0.29) is 16.8 Å². The van der Waals surface area contributed by atoms with Gasteiger partial charge in [0.25, 0.3) is 0 Å². The molecule has 0 spiro atoms. The minimum atomic E-state index is 0. The molecule has 7 heavy (non-hydrogen) atoms.